The highest BCUT2D eigenvalue weighted by Gasteiger charge is 2.15. The van der Waals surface area contributed by atoms with Gasteiger partial charge in [-0.2, -0.15) is 0 Å². The van der Waals surface area contributed by atoms with Gasteiger partial charge in [-0.1, -0.05) is 6.07 Å². The van der Waals surface area contributed by atoms with Gasteiger partial charge < -0.3 is 9.84 Å². The van der Waals surface area contributed by atoms with E-state index < -0.39 is 5.97 Å². The van der Waals surface area contributed by atoms with E-state index in [4.69, 9.17) is 9.84 Å². The maximum atomic E-state index is 11.1. The summed E-state index contributed by atoms with van der Waals surface area (Å²) in [5, 5.41) is 11.1. The average molecular weight is 263 g/mol. The Morgan fingerprint density at radius 1 is 1.50 bits per heavy atom. The molecule has 0 radical (unpaired) electrons. The Hall–Kier alpha value is -1.88. The van der Waals surface area contributed by atoms with Gasteiger partial charge in [0.15, 0.2) is 0 Å². The van der Waals surface area contributed by atoms with Crippen LogP contribution in [0.5, 0.6) is 5.88 Å². The summed E-state index contributed by atoms with van der Waals surface area (Å²) in [6.45, 7) is 2.16. The molecule has 0 amide bonds. The number of hydrogen-bond acceptors (Lipinski definition) is 4. The Balaban J connectivity index is 2.05. The fraction of sp³-hybridized carbons (Fsp3) is 0.231. The second-order valence-electron chi connectivity index (χ2n) is 3.79. The number of aromatic nitrogens is 1. The molecule has 0 spiro atoms. The van der Waals surface area contributed by atoms with Gasteiger partial charge in [-0.05, 0) is 30.0 Å². The molecule has 2 rings (SSSR count). The third-order valence-corrected chi connectivity index (χ3v) is 3.44. The van der Waals surface area contributed by atoms with Crippen LogP contribution in [0.4, 0.5) is 0 Å². The minimum absolute atomic E-state index is 0.142. The Kier molecular flexibility index (Phi) is 3.94. The third-order valence-electron chi connectivity index (χ3n) is 2.51. The van der Waals surface area contributed by atoms with Crippen molar-refractivity contribution in [1.82, 2.24) is 4.98 Å². The molecule has 0 aliphatic carbocycles. The number of pyridine rings is 1. The number of carboxylic acid groups (broad SMARTS) is 1. The molecule has 0 aliphatic heterocycles. The fourth-order valence-corrected chi connectivity index (χ4v) is 2.30. The van der Waals surface area contributed by atoms with Gasteiger partial charge in [0.2, 0.25) is 5.88 Å². The maximum Gasteiger partial charge on any atom is 0.341 e. The SMILES string of the molecule is Cc1ccnc(OCCc2cccs2)c1C(=O)O. The van der Waals surface area contributed by atoms with E-state index in [0.29, 0.717) is 12.2 Å². The first-order valence-corrected chi connectivity index (χ1v) is 6.40. The first-order chi connectivity index (χ1) is 8.68. The smallest absolute Gasteiger partial charge is 0.341 e. The second kappa shape index (κ2) is 5.64. The number of aromatic carboxylic acids is 1. The summed E-state index contributed by atoms with van der Waals surface area (Å²) in [6, 6.07) is 5.67. The van der Waals surface area contributed by atoms with Crippen molar-refractivity contribution in [2.45, 2.75) is 13.3 Å². The lowest BCUT2D eigenvalue weighted by Gasteiger charge is -2.09. The minimum Gasteiger partial charge on any atom is -0.477 e. The predicted molar refractivity (Wildman–Crippen MR) is 69.5 cm³/mol. The summed E-state index contributed by atoms with van der Waals surface area (Å²) in [5.74, 6) is -0.814. The summed E-state index contributed by atoms with van der Waals surface area (Å²) < 4.78 is 5.47. The molecular weight excluding hydrogens is 250 g/mol. The Morgan fingerprint density at radius 2 is 2.33 bits per heavy atom. The van der Waals surface area contributed by atoms with Crippen LogP contribution in [-0.4, -0.2) is 22.7 Å². The van der Waals surface area contributed by atoms with E-state index >= 15 is 0 Å². The number of rotatable bonds is 5. The molecule has 4 nitrogen and oxygen atoms in total. The number of carbonyl (C=O) groups is 1. The van der Waals surface area contributed by atoms with Crippen LogP contribution in [0.1, 0.15) is 20.8 Å². The molecule has 2 aromatic heterocycles. The molecule has 0 saturated carbocycles. The van der Waals surface area contributed by atoms with Crippen LogP contribution in [0.25, 0.3) is 0 Å². The van der Waals surface area contributed by atoms with Crippen molar-refractivity contribution in [1.29, 1.82) is 0 Å². The highest BCUT2D eigenvalue weighted by molar-refractivity contribution is 7.09. The highest BCUT2D eigenvalue weighted by atomic mass is 32.1. The third kappa shape index (κ3) is 2.87. The molecule has 0 aliphatic rings. The van der Waals surface area contributed by atoms with Crippen LogP contribution < -0.4 is 4.74 Å². The molecule has 0 saturated heterocycles. The van der Waals surface area contributed by atoms with E-state index in [1.165, 1.54) is 4.88 Å². The van der Waals surface area contributed by atoms with Gasteiger partial charge in [-0.3, -0.25) is 0 Å². The van der Waals surface area contributed by atoms with Gasteiger partial charge in [-0.15, -0.1) is 11.3 Å². The van der Waals surface area contributed by atoms with Crippen LogP contribution in [0.15, 0.2) is 29.8 Å². The van der Waals surface area contributed by atoms with Crippen LogP contribution in [-0.2, 0) is 6.42 Å². The minimum atomic E-state index is -1.01. The molecule has 0 aromatic carbocycles. The lowest BCUT2D eigenvalue weighted by atomic mass is 10.1. The Labute approximate surface area is 109 Å². The molecule has 0 unspecified atom stereocenters. The standard InChI is InChI=1S/C13H13NO3S/c1-9-4-6-14-12(11(9)13(15)16)17-7-5-10-3-2-8-18-10/h2-4,6,8H,5,7H2,1H3,(H,15,16). The van der Waals surface area contributed by atoms with Gasteiger partial charge >= 0.3 is 5.97 Å². The normalized spacial score (nSPS) is 10.3. The van der Waals surface area contributed by atoms with Gasteiger partial charge in [0, 0.05) is 17.5 Å². The average Bonchev–Trinajstić information content (AvgIpc) is 2.81. The molecule has 0 fully saturated rings. The van der Waals surface area contributed by atoms with Crippen LogP contribution in [0, 0.1) is 6.92 Å². The van der Waals surface area contributed by atoms with Crippen molar-refractivity contribution >= 4 is 17.3 Å². The van der Waals surface area contributed by atoms with Crippen molar-refractivity contribution in [3.8, 4) is 5.88 Å². The van der Waals surface area contributed by atoms with Crippen LogP contribution in [0.2, 0.25) is 0 Å². The van der Waals surface area contributed by atoms with Gasteiger partial charge in [0.25, 0.3) is 0 Å². The van der Waals surface area contributed by atoms with Gasteiger partial charge in [0.05, 0.1) is 6.61 Å². The number of hydrogen-bond donors (Lipinski definition) is 1. The molecule has 1 N–H and O–H groups in total. The van der Waals surface area contributed by atoms with Crippen molar-refractivity contribution < 1.29 is 14.6 Å². The summed E-state index contributed by atoms with van der Waals surface area (Å²) in [5.41, 5.74) is 0.798. The van der Waals surface area contributed by atoms with E-state index in [-0.39, 0.29) is 11.4 Å². The summed E-state index contributed by atoms with van der Waals surface area (Å²) in [6.07, 6.45) is 2.31. The van der Waals surface area contributed by atoms with Crippen molar-refractivity contribution in [2.24, 2.45) is 0 Å². The van der Waals surface area contributed by atoms with E-state index in [1.807, 2.05) is 17.5 Å². The monoisotopic (exact) mass is 263 g/mol. The zero-order valence-electron chi connectivity index (χ0n) is 9.92. The number of thiophene rings is 1. The predicted octanol–water partition coefficient (Wildman–Crippen LogP) is 2.77. The molecule has 0 atom stereocenters. The number of aryl methyl sites for hydroxylation is 1. The lowest BCUT2D eigenvalue weighted by Crippen LogP contribution is -2.09. The largest absolute Gasteiger partial charge is 0.477 e. The zero-order valence-corrected chi connectivity index (χ0v) is 10.7. The molecule has 2 aromatic rings. The number of nitrogens with zero attached hydrogens (tertiary/aromatic N) is 1. The first kappa shape index (κ1) is 12.6. The topological polar surface area (TPSA) is 59.4 Å². The number of ether oxygens (including phenoxy) is 1. The second-order valence-corrected chi connectivity index (χ2v) is 4.82. The Morgan fingerprint density at radius 3 is 3.00 bits per heavy atom. The molecule has 0 bridgehead atoms. The van der Waals surface area contributed by atoms with Crippen molar-refractivity contribution in [3.63, 3.8) is 0 Å². The quantitative estimate of drug-likeness (QED) is 0.901. The first-order valence-electron chi connectivity index (χ1n) is 5.52. The van der Waals surface area contributed by atoms with E-state index in [2.05, 4.69) is 4.98 Å². The van der Waals surface area contributed by atoms with E-state index in [9.17, 15) is 4.79 Å². The Bertz CT molecular complexity index is 537. The molecular formula is C13H13NO3S. The summed E-state index contributed by atoms with van der Waals surface area (Å²) >= 11 is 1.65. The van der Waals surface area contributed by atoms with Crippen LogP contribution in [0.3, 0.4) is 0 Å². The fourth-order valence-electron chi connectivity index (χ4n) is 1.61. The molecule has 2 heterocycles. The van der Waals surface area contributed by atoms with E-state index in [1.54, 1.807) is 30.5 Å². The van der Waals surface area contributed by atoms with Crippen molar-refractivity contribution in [2.75, 3.05) is 6.61 Å². The van der Waals surface area contributed by atoms with Crippen molar-refractivity contribution in [3.05, 3.63) is 45.8 Å². The lowest BCUT2D eigenvalue weighted by molar-refractivity contribution is 0.0690. The molecule has 5 heteroatoms. The molecule has 94 valence electrons. The van der Waals surface area contributed by atoms with Gasteiger partial charge in [0.1, 0.15) is 5.56 Å². The highest BCUT2D eigenvalue weighted by Crippen LogP contribution is 2.19. The molecule has 18 heavy (non-hydrogen) atoms. The summed E-state index contributed by atoms with van der Waals surface area (Å²) in [7, 11) is 0. The van der Waals surface area contributed by atoms with E-state index in [0.717, 1.165) is 6.42 Å². The van der Waals surface area contributed by atoms with Gasteiger partial charge in [-0.25, -0.2) is 9.78 Å². The number of carboxylic acids is 1. The zero-order chi connectivity index (χ0) is 13.0. The summed E-state index contributed by atoms with van der Waals surface area (Å²) in [4.78, 5) is 16.3. The maximum absolute atomic E-state index is 11.1. The van der Waals surface area contributed by atoms with Crippen LogP contribution >= 0.6 is 11.3 Å².